The molecule has 0 bridgehead atoms. The summed E-state index contributed by atoms with van der Waals surface area (Å²) in [5, 5.41) is 6.96. The van der Waals surface area contributed by atoms with Crippen molar-refractivity contribution < 1.29 is 9.59 Å². The number of nitrogens with zero attached hydrogens (tertiary/aromatic N) is 1. The molecule has 5 heteroatoms. The molecule has 2 amide bonds. The zero-order chi connectivity index (χ0) is 17.3. The minimum absolute atomic E-state index is 0.0254. The van der Waals surface area contributed by atoms with Crippen LogP contribution in [0.5, 0.6) is 0 Å². The number of amides is 2. The van der Waals surface area contributed by atoms with Gasteiger partial charge in [0.25, 0.3) is 0 Å². The average Bonchev–Trinajstić information content (AvgIpc) is 3.11. The van der Waals surface area contributed by atoms with Crippen LogP contribution in [0.3, 0.4) is 0 Å². The summed E-state index contributed by atoms with van der Waals surface area (Å²) in [6.07, 6.45) is 2.02. The van der Waals surface area contributed by atoms with Crippen LogP contribution in [-0.2, 0) is 16.1 Å². The summed E-state index contributed by atoms with van der Waals surface area (Å²) >= 11 is 0. The normalized spacial score (nSPS) is 21.0. The lowest BCUT2D eigenvalue weighted by Crippen LogP contribution is -2.41. The van der Waals surface area contributed by atoms with Crippen LogP contribution in [0.1, 0.15) is 20.8 Å². The smallest absolute Gasteiger partial charge is 0.233 e. The second-order valence-corrected chi connectivity index (χ2v) is 7.55. The summed E-state index contributed by atoms with van der Waals surface area (Å²) in [6, 6.07) is 10.2. The molecule has 0 saturated carbocycles. The van der Waals surface area contributed by atoms with Crippen molar-refractivity contribution in [2.24, 2.45) is 17.3 Å². The second-order valence-electron chi connectivity index (χ2n) is 7.55. The van der Waals surface area contributed by atoms with Gasteiger partial charge in [0.2, 0.25) is 11.8 Å². The van der Waals surface area contributed by atoms with E-state index in [0.717, 1.165) is 5.52 Å². The van der Waals surface area contributed by atoms with Gasteiger partial charge in [-0.05, 0) is 22.9 Å². The monoisotopic (exact) mass is 327 g/mol. The minimum Gasteiger partial charge on any atom is -0.355 e. The fraction of sp³-hybridized carbons (Fsp3) is 0.474. The number of hydrogen-bond acceptors (Lipinski definition) is 2. The zero-order valence-electron chi connectivity index (χ0n) is 14.5. The van der Waals surface area contributed by atoms with E-state index in [-0.39, 0.29) is 23.1 Å². The molecule has 1 aromatic carbocycles. The van der Waals surface area contributed by atoms with Crippen LogP contribution >= 0.6 is 0 Å². The molecule has 2 atom stereocenters. The molecule has 128 valence electrons. The van der Waals surface area contributed by atoms with Crippen LogP contribution in [0.4, 0.5) is 0 Å². The van der Waals surface area contributed by atoms with Crippen LogP contribution in [0.25, 0.3) is 10.9 Å². The number of nitrogens with one attached hydrogen (secondary N) is 2. The molecule has 0 radical (unpaired) electrons. The first-order chi connectivity index (χ1) is 11.4. The number of rotatable bonds is 4. The van der Waals surface area contributed by atoms with Crippen molar-refractivity contribution in [3.63, 3.8) is 0 Å². The Morgan fingerprint density at radius 2 is 2.04 bits per heavy atom. The highest BCUT2D eigenvalue weighted by atomic mass is 16.2. The first kappa shape index (κ1) is 16.6. The average molecular weight is 327 g/mol. The van der Waals surface area contributed by atoms with Crippen molar-refractivity contribution in [2.75, 3.05) is 13.1 Å². The fourth-order valence-electron chi connectivity index (χ4n) is 3.47. The van der Waals surface area contributed by atoms with Crippen molar-refractivity contribution >= 4 is 22.7 Å². The van der Waals surface area contributed by atoms with E-state index in [4.69, 9.17) is 0 Å². The number of aromatic nitrogens is 1. The molecule has 0 aliphatic carbocycles. The van der Waals surface area contributed by atoms with E-state index in [9.17, 15) is 9.59 Å². The minimum atomic E-state index is -0.591. The molecule has 5 nitrogen and oxygen atoms in total. The highest BCUT2D eigenvalue weighted by molar-refractivity contribution is 6.02. The lowest BCUT2D eigenvalue weighted by molar-refractivity contribution is -0.135. The molecule has 1 saturated heterocycles. The Hall–Kier alpha value is -2.30. The topological polar surface area (TPSA) is 63.1 Å². The lowest BCUT2D eigenvalue weighted by Gasteiger charge is -2.29. The van der Waals surface area contributed by atoms with Crippen molar-refractivity contribution in [2.45, 2.75) is 27.3 Å². The number of carbonyl (C=O) groups is 2. The van der Waals surface area contributed by atoms with Gasteiger partial charge in [0, 0.05) is 37.3 Å². The number of fused-ring (bicyclic) bond motifs is 1. The summed E-state index contributed by atoms with van der Waals surface area (Å²) in [6.45, 7) is 7.99. The first-order valence-corrected chi connectivity index (χ1v) is 8.47. The van der Waals surface area contributed by atoms with Crippen LogP contribution in [0.15, 0.2) is 36.5 Å². The summed E-state index contributed by atoms with van der Waals surface area (Å²) < 4.78 is 2.12. The van der Waals surface area contributed by atoms with E-state index in [1.165, 1.54) is 5.39 Å². The summed E-state index contributed by atoms with van der Waals surface area (Å²) in [7, 11) is 0. The maximum Gasteiger partial charge on any atom is 0.233 e. The number of carbonyl (C=O) groups excluding carboxylic acids is 2. The number of hydrogen-bond donors (Lipinski definition) is 2. The Bertz CT molecular complexity index is 757. The molecule has 1 aromatic heterocycles. The maximum atomic E-state index is 12.5. The molecule has 1 aliphatic heterocycles. The van der Waals surface area contributed by atoms with Gasteiger partial charge in [-0.15, -0.1) is 0 Å². The highest BCUT2D eigenvalue weighted by Crippen LogP contribution is 2.35. The van der Waals surface area contributed by atoms with Crippen LogP contribution < -0.4 is 10.6 Å². The van der Waals surface area contributed by atoms with Gasteiger partial charge < -0.3 is 15.2 Å². The van der Waals surface area contributed by atoms with E-state index < -0.39 is 5.92 Å². The molecule has 2 N–H and O–H groups in total. The SMILES string of the molecule is CC(C)(C)[C@@H]1CNC(=O)[C@@H]1C(=O)NCCn1ccc2ccccc21. The second kappa shape index (κ2) is 6.30. The summed E-state index contributed by atoms with van der Waals surface area (Å²) in [5.74, 6) is -0.885. The molecule has 0 spiro atoms. The molecule has 2 heterocycles. The predicted molar refractivity (Wildman–Crippen MR) is 94.4 cm³/mol. The standard InChI is InChI=1S/C19H25N3O2/c1-19(2,3)14-12-21-18(24)16(14)17(23)20-9-11-22-10-8-13-6-4-5-7-15(13)22/h4-8,10,14,16H,9,11-12H2,1-3H3,(H,20,23)(H,21,24)/t14-,16+/m1/s1. The van der Waals surface area contributed by atoms with Crippen molar-refractivity contribution in [1.29, 1.82) is 0 Å². The van der Waals surface area contributed by atoms with Crippen LogP contribution in [0.2, 0.25) is 0 Å². The van der Waals surface area contributed by atoms with Gasteiger partial charge in [0.05, 0.1) is 0 Å². The molecular formula is C19H25N3O2. The Morgan fingerprint density at radius 1 is 1.29 bits per heavy atom. The molecule has 0 unspecified atom stereocenters. The van der Waals surface area contributed by atoms with Crippen LogP contribution in [-0.4, -0.2) is 29.5 Å². The highest BCUT2D eigenvalue weighted by Gasteiger charge is 2.45. The largest absolute Gasteiger partial charge is 0.355 e. The van der Waals surface area contributed by atoms with Crippen molar-refractivity contribution in [3.05, 3.63) is 36.5 Å². The Labute approximate surface area is 142 Å². The summed E-state index contributed by atoms with van der Waals surface area (Å²) in [5.41, 5.74) is 1.07. The van der Waals surface area contributed by atoms with Gasteiger partial charge in [-0.1, -0.05) is 39.0 Å². The Balaban J connectivity index is 1.62. The first-order valence-electron chi connectivity index (χ1n) is 8.47. The van der Waals surface area contributed by atoms with Gasteiger partial charge in [-0.25, -0.2) is 0 Å². The third-order valence-corrected chi connectivity index (χ3v) is 4.91. The third-order valence-electron chi connectivity index (χ3n) is 4.91. The molecule has 1 aliphatic rings. The van der Waals surface area contributed by atoms with Gasteiger partial charge >= 0.3 is 0 Å². The zero-order valence-corrected chi connectivity index (χ0v) is 14.5. The third kappa shape index (κ3) is 3.16. The van der Waals surface area contributed by atoms with E-state index in [1.54, 1.807) is 0 Å². The van der Waals surface area contributed by atoms with E-state index >= 15 is 0 Å². The van der Waals surface area contributed by atoms with E-state index in [2.05, 4.69) is 54.2 Å². The number of benzene rings is 1. The molecule has 24 heavy (non-hydrogen) atoms. The Morgan fingerprint density at radius 3 is 2.79 bits per heavy atom. The van der Waals surface area contributed by atoms with Crippen LogP contribution in [0, 0.1) is 17.3 Å². The Kier molecular flexibility index (Phi) is 4.35. The molecule has 2 aromatic rings. The lowest BCUT2D eigenvalue weighted by atomic mass is 9.74. The summed E-state index contributed by atoms with van der Waals surface area (Å²) in [4.78, 5) is 24.6. The van der Waals surface area contributed by atoms with E-state index in [0.29, 0.717) is 19.6 Å². The molecular weight excluding hydrogens is 302 g/mol. The molecule has 1 fully saturated rings. The van der Waals surface area contributed by atoms with Crippen molar-refractivity contribution in [1.82, 2.24) is 15.2 Å². The number of para-hydroxylation sites is 1. The van der Waals surface area contributed by atoms with Gasteiger partial charge in [0.15, 0.2) is 0 Å². The predicted octanol–water partition coefficient (Wildman–Crippen LogP) is 2.17. The molecule has 3 rings (SSSR count). The van der Waals surface area contributed by atoms with Gasteiger partial charge in [-0.2, -0.15) is 0 Å². The quantitative estimate of drug-likeness (QED) is 0.845. The van der Waals surface area contributed by atoms with Gasteiger partial charge in [0.1, 0.15) is 5.92 Å². The van der Waals surface area contributed by atoms with Gasteiger partial charge in [-0.3, -0.25) is 9.59 Å². The van der Waals surface area contributed by atoms with E-state index in [1.807, 2.05) is 18.3 Å². The fourth-order valence-corrected chi connectivity index (χ4v) is 3.47. The maximum absolute atomic E-state index is 12.5. The van der Waals surface area contributed by atoms with Crippen molar-refractivity contribution in [3.8, 4) is 0 Å².